The molecule has 0 nitrogen and oxygen atoms in total. The molecule has 0 heterocycles. The molecule has 2 atom stereocenters. The van der Waals surface area contributed by atoms with Crippen LogP contribution >= 0.6 is 0 Å². The van der Waals surface area contributed by atoms with Crippen molar-refractivity contribution in [2.24, 2.45) is 0 Å². The third kappa shape index (κ3) is 1.97. The molecule has 2 unspecified atom stereocenters. The molecule has 0 aliphatic carbocycles. The molecule has 0 spiro atoms. The zero-order valence-electron chi connectivity index (χ0n) is 6.71. The van der Waals surface area contributed by atoms with Gasteiger partial charge in [-0.2, -0.15) is 17.6 Å². The lowest BCUT2D eigenvalue weighted by atomic mass is 10.0. The molecule has 6 heteroatoms. The van der Waals surface area contributed by atoms with E-state index in [4.69, 9.17) is 0 Å². The monoisotopic (exact) mass is 206 g/mol. The molecule has 78 valence electrons. The van der Waals surface area contributed by atoms with Crippen molar-refractivity contribution in [3.8, 4) is 0 Å². The maximum Gasteiger partial charge on any atom is 0.347 e. The number of halogens is 6. The zero-order chi connectivity index (χ0) is 10.9. The lowest BCUT2D eigenvalue weighted by Gasteiger charge is -2.28. The Hall–Kier alpha value is -0.680. The van der Waals surface area contributed by atoms with E-state index in [2.05, 4.69) is 6.58 Å². The predicted octanol–water partition coefficient (Wildman–Crippen LogP) is 3.14. The van der Waals surface area contributed by atoms with Gasteiger partial charge in [-0.3, -0.25) is 0 Å². The van der Waals surface area contributed by atoms with E-state index in [0.717, 1.165) is 0 Å². The van der Waals surface area contributed by atoms with Gasteiger partial charge in [0, 0.05) is 0 Å². The van der Waals surface area contributed by atoms with Crippen LogP contribution in [-0.4, -0.2) is 24.2 Å². The van der Waals surface area contributed by atoms with Crippen molar-refractivity contribution in [3.63, 3.8) is 0 Å². The Labute approximate surface area is 71.2 Å². The van der Waals surface area contributed by atoms with Gasteiger partial charge in [0.1, 0.15) is 0 Å². The summed E-state index contributed by atoms with van der Waals surface area (Å²) in [5.41, 5.74) is 0. The van der Waals surface area contributed by atoms with E-state index in [-0.39, 0.29) is 13.0 Å². The van der Waals surface area contributed by atoms with Crippen LogP contribution in [0.25, 0.3) is 0 Å². The highest BCUT2D eigenvalue weighted by molar-refractivity contribution is 5.01. The van der Waals surface area contributed by atoms with Gasteiger partial charge in [0.25, 0.3) is 0 Å². The summed E-state index contributed by atoms with van der Waals surface area (Å²) < 4.78 is 73.8. The van der Waals surface area contributed by atoms with Crippen LogP contribution in [0.4, 0.5) is 26.3 Å². The van der Waals surface area contributed by atoms with E-state index < -0.39 is 24.2 Å². The Kier molecular flexibility index (Phi) is 3.40. The van der Waals surface area contributed by atoms with Crippen molar-refractivity contribution in [2.45, 2.75) is 31.1 Å². The molecule has 0 bridgehead atoms. The Morgan fingerprint density at radius 2 is 1.46 bits per heavy atom. The minimum Gasteiger partial charge on any atom is -0.241 e. The van der Waals surface area contributed by atoms with Crippen molar-refractivity contribution in [1.82, 2.24) is 0 Å². The van der Waals surface area contributed by atoms with Crippen LogP contribution in [0.1, 0.15) is 6.92 Å². The largest absolute Gasteiger partial charge is 0.347 e. The van der Waals surface area contributed by atoms with Crippen LogP contribution < -0.4 is 0 Å². The second kappa shape index (κ2) is 3.59. The van der Waals surface area contributed by atoms with Crippen molar-refractivity contribution < 1.29 is 26.3 Å². The van der Waals surface area contributed by atoms with Crippen molar-refractivity contribution >= 4 is 0 Å². The SMILES string of the molecule is C=CC(F)C(F)(F)C(F)(F)C(C)F. The van der Waals surface area contributed by atoms with Gasteiger partial charge in [0.05, 0.1) is 0 Å². The average Bonchev–Trinajstić information content (AvgIpc) is 2.02. The standard InChI is InChI=1S/C7H8F6/c1-3-5(9)7(12,13)6(10,11)4(2)8/h3-5H,1H2,2H3. The van der Waals surface area contributed by atoms with Crippen molar-refractivity contribution in [2.75, 3.05) is 0 Å². The first-order valence-electron chi connectivity index (χ1n) is 3.34. The Bertz CT molecular complexity index is 185. The Morgan fingerprint density at radius 1 is 1.08 bits per heavy atom. The lowest BCUT2D eigenvalue weighted by Crippen LogP contribution is -2.52. The number of rotatable bonds is 4. The van der Waals surface area contributed by atoms with Gasteiger partial charge in [0.15, 0.2) is 12.3 Å². The van der Waals surface area contributed by atoms with Crippen LogP contribution in [0.5, 0.6) is 0 Å². The van der Waals surface area contributed by atoms with Gasteiger partial charge in [-0.15, -0.1) is 0 Å². The molecule has 0 aliphatic rings. The van der Waals surface area contributed by atoms with E-state index in [0.29, 0.717) is 0 Å². The molecule has 0 rings (SSSR count). The molecular weight excluding hydrogens is 198 g/mol. The molecule has 0 saturated heterocycles. The summed E-state index contributed by atoms with van der Waals surface area (Å²) >= 11 is 0. The van der Waals surface area contributed by atoms with Crippen LogP contribution in [0.2, 0.25) is 0 Å². The molecule has 0 aromatic rings. The Morgan fingerprint density at radius 3 is 1.69 bits per heavy atom. The van der Waals surface area contributed by atoms with Crippen LogP contribution in [0.3, 0.4) is 0 Å². The molecule has 0 amide bonds. The minimum absolute atomic E-state index is 0.0102. The highest BCUT2D eigenvalue weighted by Crippen LogP contribution is 2.42. The van der Waals surface area contributed by atoms with Gasteiger partial charge in [-0.05, 0) is 6.92 Å². The van der Waals surface area contributed by atoms with Crippen LogP contribution in [0, 0.1) is 0 Å². The first kappa shape index (κ1) is 12.3. The molecule has 0 N–H and O–H groups in total. The summed E-state index contributed by atoms with van der Waals surface area (Å²) in [6.45, 7) is 2.83. The number of hydrogen-bond acceptors (Lipinski definition) is 0. The van der Waals surface area contributed by atoms with E-state index in [9.17, 15) is 26.3 Å². The fourth-order valence-electron chi connectivity index (χ4n) is 0.597. The average molecular weight is 206 g/mol. The van der Waals surface area contributed by atoms with Gasteiger partial charge in [0.2, 0.25) is 0 Å². The van der Waals surface area contributed by atoms with Gasteiger partial charge in [-0.25, -0.2) is 8.78 Å². The fourth-order valence-corrected chi connectivity index (χ4v) is 0.597. The van der Waals surface area contributed by atoms with E-state index >= 15 is 0 Å². The quantitative estimate of drug-likeness (QED) is 0.489. The molecule has 0 saturated carbocycles. The second-order valence-corrected chi connectivity index (χ2v) is 2.50. The van der Waals surface area contributed by atoms with Gasteiger partial charge >= 0.3 is 11.8 Å². The summed E-state index contributed by atoms with van der Waals surface area (Å²) in [5, 5.41) is 0. The maximum absolute atomic E-state index is 12.4. The van der Waals surface area contributed by atoms with Gasteiger partial charge in [-0.1, -0.05) is 12.7 Å². The maximum atomic E-state index is 12.4. The van der Waals surface area contributed by atoms with Crippen LogP contribution in [0.15, 0.2) is 12.7 Å². The summed E-state index contributed by atoms with van der Waals surface area (Å²) in [6, 6.07) is 0. The van der Waals surface area contributed by atoms with Crippen molar-refractivity contribution in [3.05, 3.63) is 12.7 Å². The highest BCUT2D eigenvalue weighted by Gasteiger charge is 2.64. The first-order valence-corrected chi connectivity index (χ1v) is 3.34. The summed E-state index contributed by atoms with van der Waals surface area (Å²) in [7, 11) is 0. The normalized spacial score (nSPS) is 18.1. The molecule has 0 fully saturated rings. The predicted molar refractivity (Wildman–Crippen MR) is 35.6 cm³/mol. The topological polar surface area (TPSA) is 0 Å². The minimum atomic E-state index is -5.07. The smallest absolute Gasteiger partial charge is 0.241 e. The number of hydrogen-bond donors (Lipinski definition) is 0. The van der Waals surface area contributed by atoms with E-state index in [1.165, 1.54) is 0 Å². The number of alkyl halides is 6. The molecule has 0 aromatic heterocycles. The molecular formula is C7H8F6. The number of allylic oxidation sites excluding steroid dienone is 1. The van der Waals surface area contributed by atoms with Gasteiger partial charge < -0.3 is 0 Å². The Balaban J connectivity index is 4.90. The fraction of sp³-hybridized carbons (Fsp3) is 0.714. The third-order valence-corrected chi connectivity index (χ3v) is 1.50. The summed E-state index contributed by atoms with van der Waals surface area (Å²) in [4.78, 5) is 0. The molecule has 0 aliphatic heterocycles. The van der Waals surface area contributed by atoms with E-state index in [1.807, 2.05) is 0 Å². The molecule has 0 radical (unpaired) electrons. The lowest BCUT2D eigenvalue weighted by molar-refractivity contribution is -0.253. The highest BCUT2D eigenvalue weighted by atomic mass is 19.3. The van der Waals surface area contributed by atoms with E-state index in [1.54, 1.807) is 0 Å². The van der Waals surface area contributed by atoms with Crippen LogP contribution in [-0.2, 0) is 0 Å². The molecule has 13 heavy (non-hydrogen) atoms. The summed E-state index contributed by atoms with van der Waals surface area (Å²) in [6.07, 6.45) is -6.38. The zero-order valence-corrected chi connectivity index (χ0v) is 6.71. The third-order valence-electron chi connectivity index (χ3n) is 1.50. The molecule has 0 aromatic carbocycles. The summed E-state index contributed by atoms with van der Waals surface area (Å²) in [5.74, 6) is -10.1. The second-order valence-electron chi connectivity index (χ2n) is 2.50. The van der Waals surface area contributed by atoms with Crippen molar-refractivity contribution in [1.29, 1.82) is 0 Å². The first-order chi connectivity index (χ1) is 5.67.